The monoisotopic (exact) mass is 314 g/mol. The highest BCUT2D eigenvalue weighted by molar-refractivity contribution is 9.10. The predicted octanol–water partition coefficient (Wildman–Crippen LogP) is 3.69. The zero-order chi connectivity index (χ0) is 13.5. The van der Waals surface area contributed by atoms with Gasteiger partial charge in [-0.05, 0) is 35.2 Å². The quantitative estimate of drug-likeness (QED) is 0.833. The number of anilines is 2. The predicted molar refractivity (Wildman–Crippen MR) is 81.3 cm³/mol. The Morgan fingerprint density at radius 3 is 2.50 bits per heavy atom. The second-order valence-electron chi connectivity index (χ2n) is 4.37. The molecule has 0 saturated heterocycles. The lowest BCUT2D eigenvalue weighted by Gasteiger charge is -2.28. The van der Waals surface area contributed by atoms with Gasteiger partial charge in [0.15, 0.2) is 0 Å². The number of hydrogen-bond donors (Lipinski definition) is 1. The van der Waals surface area contributed by atoms with Gasteiger partial charge in [0.05, 0.1) is 0 Å². The van der Waals surface area contributed by atoms with E-state index in [0.717, 1.165) is 41.9 Å². The van der Waals surface area contributed by atoms with Crippen molar-refractivity contribution in [2.24, 2.45) is 0 Å². The van der Waals surface area contributed by atoms with Gasteiger partial charge in [-0.1, -0.05) is 20.8 Å². The van der Waals surface area contributed by atoms with Gasteiger partial charge >= 0.3 is 0 Å². The van der Waals surface area contributed by atoms with E-state index in [4.69, 9.17) is 0 Å². The van der Waals surface area contributed by atoms with Crippen LogP contribution in [-0.2, 0) is 0 Å². The first-order valence-corrected chi connectivity index (χ1v) is 7.42. The zero-order valence-electron chi connectivity index (χ0n) is 11.7. The van der Waals surface area contributed by atoms with E-state index >= 15 is 0 Å². The molecule has 1 aromatic rings. The van der Waals surface area contributed by atoms with Gasteiger partial charge in [-0.25, -0.2) is 9.97 Å². The molecular weight excluding hydrogens is 292 g/mol. The van der Waals surface area contributed by atoms with Gasteiger partial charge in [-0.2, -0.15) is 0 Å². The van der Waals surface area contributed by atoms with Gasteiger partial charge in [0.25, 0.3) is 0 Å². The molecule has 1 aromatic heterocycles. The van der Waals surface area contributed by atoms with E-state index in [9.17, 15) is 0 Å². The Kier molecular flexibility index (Phi) is 6.39. The number of nitrogens with one attached hydrogen (secondary N) is 1. The van der Waals surface area contributed by atoms with Gasteiger partial charge in [-0.15, -0.1) is 0 Å². The van der Waals surface area contributed by atoms with E-state index in [1.807, 2.05) is 0 Å². The summed E-state index contributed by atoms with van der Waals surface area (Å²) in [5.41, 5.74) is 0. The Balaban J connectivity index is 2.94. The SMILES string of the molecule is CCCNc1ncnc(N(C)C(CC)CC)c1Br. The van der Waals surface area contributed by atoms with Crippen LogP contribution in [0.25, 0.3) is 0 Å². The molecule has 0 unspecified atom stereocenters. The summed E-state index contributed by atoms with van der Waals surface area (Å²) in [7, 11) is 2.09. The number of halogens is 1. The van der Waals surface area contributed by atoms with Gasteiger partial charge < -0.3 is 10.2 Å². The Morgan fingerprint density at radius 2 is 1.94 bits per heavy atom. The standard InChI is InChI=1S/C13H23BrN4/c1-5-8-15-12-11(14)13(17-9-16-12)18(4)10(6-2)7-3/h9-10H,5-8H2,1-4H3,(H,15,16,17). The lowest BCUT2D eigenvalue weighted by molar-refractivity contribution is 0.585. The molecule has 0 atom stereocenters. The lowest BCUT2D eigenvalue weighted by Crippen LogP contribution is -2.31. The first-order valence-electron chi connectivity index (χ1n) is 6.62. The van der Waals surface area contributed by atoms with Crippen LogP contribution < -0.4 is 10.2 Å². The van der Waals surface area contributed by atoms with Crippen LogP contribution >= 0.6 is 15.9 Å². The largest absolute Gasteiger partial charge is 0.369 e. The molecular formula is C13H23BrN4. The van der Waals surface area contributed by atoms with E-state index < -0.39 is 0 Å². The van der Waals surface area contributed by atoms with Crippen molar-refractivity contribution < 1.29 is 0 Å². The molecule has 1 rings (SSSR count). The molecule has 0 aliphatic carbocycles. The van der Waals surface area contributed by atoms with Gasteiger partial charge in [0.2, 0.25) is 0 Å². The zero-order valence-corrected chi connectivity index (χ0v) is 13.3. The smallest absolute Gasteiger partial charge is 0.148 e. The van der Waals surface area contributed by atoms with Crippen LogP contribution in [0.1, 0.15) is 40.0 Å². The molecule has 0 bridgehead atoms. The number of hydrogen-bond acceptors (Lipinski definition) is 4. The third-order valence-electron chi connectivity index (χ3n) is 3.14. The molecule has 1 heterocycles. The van der Waals surface area contributed by atoms with Crippen LogP contribution in [-0.4, -0.2) is 29.6 Å². The second kappa shape index (κ2) is 7.56. The van der Waals surface area contributed by atoms with Crippen LogP contribution in [0.5, 0.6) is 0 Å². The Hall–Kier alpha value is -0.840. The number of rotatable bonds is 7. The average molecular weight is 315 g/mol. The Labute approximate surface area is 118 Å². The summed E-state index contributed by atoms with van der Waals surface area (Å²) in [5, 5.41) is 3.31. The lowest BCUT2D eigenvalue weighted by atomic mass is 10.1. The van der Waals surface area contributed by atoms with Crippen molar-refractivity contribution in [1.29, 1.82) is 0 Å². The summed E-state index contributed by atoms with van der Waals surface area (Å²) in [4.78, 5) is 10.9. The summed E-state index contributed by atoms with van der Waals surface area (Å²) in [6, 6.07) is 0.509. The minimum absolute atomic E-state index is 0.509. The van der Waals surface area contributed by atoms with Gasteiger partial charge in [-0.3, -0.25) is 0 Å². The molecule has 0 amide bonds. The van der Waals surface area contributed by atoms with Crippen LogP contribution in [0.2, 0.25) is 0 Å². The average Bonchev–Trinajstić information content (AvgIpc) is 2.39. The van der Waals surface area contributed by atoms with Crippen molar-refractivity contribution in [2.45, 2.75) is 46.1 Å². The highest BCUT2D eigenvalue weighted by Crippen LogP contribution is 2.30. The fourth-order valence-electron chi connectivity index (χ4n) is 1.98. The molecule has 0 aromatic carbocycles. The maximum atomic E-state index is 4.39. The summed E-state index contributed by atoms with van der Waals surface area (Å²) in [5.74, 6) is 1.83. The first-order chi connectivity index (χ1) is 8.65. The fraction of sp³-hybridized carbons (Fsp3) is 0.692. The minimum Gasteiger partial charge on any atom is -0.369 e. The third-order valence-corrected chi connectivity index (χ3v) is 3.87. The molecule has 0 spiro atoms. The molecule has 102 valence electrons. The van der Waals surface area contributed by atoms with Crippen molar-refractivity contribution >= 4 is 27.6 Å². The topological polar surface area (TPSA) is 41.1 Å². The van der Waals surface area contributed by atoms with Crippen LogP contribution in [0.3, 0.4) is 0 Å². The van der Waals surface area contributed by atoms with Gasteiger partial charge in [0, 0.05) is 19.6 Å². The van der Waals surface area contributed by atoms with Crippen molar-refractivity contribution in [1.82, 2.24) is 9.97 Å². The maximum absolute atomic E-state index is 4.39. The van der Waals surface area contributed by atoms with Crippen molar-refractivity contribution in [3.63, 3.8) is 0 Å². The van der Waals surface area contributed by atoms with Crippen LogP contribution in [0, 0.1) is 0 Å². The van der Waals surface area contributed by atoms with Crippen molar-refractivity contribution in [3.05, 3.63) is 10.8 Å². The minimum atomic E-state index is 0.509. The first kappa shape index (κ1) is 15.2. The third kappa shape index (κ3) is 3.57. The highest BCUT2D eigenvalue weighted by Gasteiger charge is 2.17. The molecule has 0 aliphatic rings. The molecule has 0 radical (unpaired) electrons. The van der Waals surface area contributed by atoms with Crippen LogP contribution in [0.4, 0.5) is 11.6 Å². The summed E-state index contributed by atoms with van der Waals surface area (Å²) in [6.07, 6.45) is 4.92. The van der Waals surface area contributed by atoms with E-state index in [2.05, 4.69) is 63.9 Å². The van der Waals surface area contributed by atoms with Crippen molar-refractivity contribution in [3.8, 4) is 0 Å². The Morgan fingerprint density at radius 1 is 1.28 bits per heavy atom. The molecule has 18 heavy (non-hydrogen) atoms. The second-order valence-corrected chi connectivity index (χ2v) is 5.16. The summed E-state index contributed by atoms with van der Waals surface area (Å²) in [6.45, 7) is 7.47. The van der Waals surface area contributed by atoms with E-state index in [1.54, 1.807) is 6.33 Å². The molecule has 0 saturated carbocycles. The number of nitrogens with zero attached hydrogens (tertiary/aromatic N) is 3. The van der Waals surface area contributed by atoms with E-state index in [1.165, 1.54) is 0 Å². The van der Waals surface area contributed by atoms with E-state index in [-0.39, 0.29) is 0 Å². The highest BCUT2D eigenvalue weighted by atomic mass is 79.9. The molecule has 4 nitrogen and oxygen atoms in total. The summed E-state index contributed by atoms with van der Waals surface area (Å²) >= 11 is 3.61. The molecule has 0 aliphatic heterocycles. The molecule has 1 N–H and O–H groups in total. The maximum Gasteiger partial charge on any atom is 0.148 e. The Bertz CT molecular complexity index is 366. The van der Waals surface area contributed by atoms with E-state index in [0.29, 0.717) is 6.04 Å². The number of aromatic nitrogens is 2. The summed E-state index contributed by atoms with van der Waals surface area (Å²) < 4.78 is 0.952. The van der Waals surface area contributed by atoms with Gasteiger partial charge in [0.1, 0.15) is 22.4 Å². The molecule has 0 fully saturated rings. The van der Waals surface area contributed by atoms with Crippen molar-refractivity contribution in [2.75, 3.05) is 23.8 Å². The van der Waals surface area contributed by atoms with Crippen LogP contribution in [0.15, 0.2) is 10.8 Å². The normalized spacial score (nSPS) is 10.8. The molecule has 5 heteroatoms. The fourth-order valence-corrected chi connectivity index (χ4v) is 2.61.